The van der Waals surface area contributed by atoms with E-state index in [2.05, 4.69) is 0 Å². The van der Waals surface area contributed by atoms with Crippen LogP contribution in [0.15, 0.2) is 11.4 Å². The van der Waals surface area contributed by atoms with E-state index in [0.717, 1.165) is 0 Å². The number of ketones is 1. The maximum atomic E-state index is 14.2. The zero-order valence-electron chi connectivity index (χ0n) is 9.96. The number of Topliss-reactive ketones (excluding diaryl/α,β-unsaturated/α-hetero) is 1. The van der Waals surface area contributed by atoms with Crippen LogP contribution in [0.25, 0.3) is 0 Å². The van der Waals surface area contributed by atoms with Gasteiger partial charge in [-0.2, -0.15) is 4.39 Å². The van der Waals surface area contributed by atoms with Gasteiger partial charge < -0.3 is 0 Å². The average Bonchev–Trinajstić information content (AvgIpc) is 2.85. The first-order valence-corrected chi connectivity index (χ1v) is 5.92. The van der Waals surface area contributed by atoms with Gasteiger partial charge in [0.2, 0.25) is 11.6 Å². The van der Waals surface area contributed by atoms with Crippen LogP contribution in [-0.4, -0.2) is 34.7 Å². The van der Waals surface area contributed by atoms with Crippen molar-refractivity contribution in [3.8, 4) is 0 Å². The number of amides is 2. The molecule has 1 aliphatic carbocycles. The third-order valence-corrected chi connectivity index (χ3v) is 3.46. The molecule has 0 aromatic heterocycles. The summed E-state index contributed by atoms with van der Waals surface area (Å²) in [4.78, 5) is 35.6. The Morgan fingerprint density at radius 3 is 2.28 bits per heavy atom. The Bertz CT molecular complexity index is 464. The van der Waals surface area contributed by atoms with Gasteiger partial charge in [-0.15, -0.1) is 0 Å². The number of nitrogens with zero attached hydrogens (tertiary/aromatic N) is 1. The molecule has 4 nitrogen and oxygen atoms in total. The van der Waals surface area contributed by atoms with Crippen molar-refractivity contribution in [1.82, 2.24) is 4.90 Å². The Morgan fingerprint density at radius 1 is 1.28 bits per heavy atom. The van der Waals surface area contributed by atoms with Gasteiger partial charge in [0, 0.05) is 6.54 Å². The predicted molar refractivity (Wildman–Crippen MR) is 57.8 cm³/mol. The number of imide groups is 1. The van der Waals surface area contributed by atoms with Crippen LogP contribution in [0.1, 0.15) is 32.6 Å². The zero-order valence-corrected chi connectivity index (χ0v) is 9.96. The fourth-order valence-corrected chi connectivity index (χ4v) is 2.42. The molecule has 1 saturated carbocycles. The summed E-state index contributed by atoms with van der Waals surface area (Å²) >= 11 is 0. The Hall–Kier alpha value is -1.59. The average molecular weight is 257 g/mol. The molecule has 98 valence electrons. The van der Waals surface area contributed by atoms with Crippen molar-refractivity contribution < 1.29 is 23.2 Å². The fourth-order valence-electron chi connectivity index (χ4n) is 2.42. The Morgan fingerprint density at radius 2 is 1.83 bits per heavy atom. The molecule has 0 saturated heterocycles. The van der Waals surface area contributed by atoms with Crippen molar-refractivity contribution in [2.75, 3.05) is 6.54 Å². The number of alkyl halides is 1. The number of hydrogen-bond acceptors (Lipinski definition) is 3. The maximum absolute atomic E-state index is 14.2. The van der Waals surface area contributed by atoms with Gasteiger partial charge in [-0.25, -0.2) is 4.39 Å². The minimum atomic E-state index is -2.19. The molecular weight excluding hydrogens is 244 g/mol. The molecule has 2 amide bonds. The second kappa shape index (κ2) is 4.26. The summed E-state index contributed by atoms with van der Waals surface area (Å²) in [5.74, 6) is -4.76. The summed E-state index contributed by atoms with van der Waals surface area (Å²) in [6.07, 6.45) is 1.01. The van der Waals surface area contributed by atoms with Crippen LogP contribution in [0.3, 0.4) is 0 Å². The Labute approximate surface area is 103 Å². The van der Waals surface area contributed by atoms with Gasteiger partial charge in [0.15, 0.2) is 5.67 Å². The number of hydrogen-bond donors (Lipinski definition) is 0. The number of likely N-dealkylation sites (N-methyl/N-ethyl adjacent to an activating group) is 1. The minimum absolute atomic E-state index is 0.0176. The summed E-state index contributed by atoms with van der Waals surface area (Å²) in [7, 11) is 0. The third kappa shape index (κ3) is 1.67. The standard InChI is InChI=1S/C12H13F2NO3/c1-2-15-10(17)7(8(13)11(15)18)9(16)12(14)5-3-4-6-12/h2-6H2,1H3. The molecule has 0 spiro atoms. The molecule has 2 aliphatic rings. The molecule has 1 aliphatic heterocycles. The van der Waals surface area contributed by atoms with Crippen LogP contribution in [0.2, 0.25) is 0 Å². The van der Waals surface area contributed by atoms with Crippen molar-refractivity contribution >= 4 is 17.6 Å². The molecule has 6 heteroatoms. The third-order valence-electron chi connectivity index (χ3n) is 3.46. The zero-order chi connectivity index (χ0) is 13.5. The first-order chi connectivity index (χ1) is 8.42. The van der Waals surface area contributed by atoms with E-state index >= 15 is 0 Å². The van der Waals surface area contributed by atoms with E-state index in [1.807, 2.05) is 0 Å². The molecule has 0 bridgehead atoms. The molecule has 0 N–H and O–H groups in total. The topological polar surface area (TPSA) is 54.5 Å². The largest absolute Gasteiger partial charge is 0.290 e. The summed E-state index contributed by atoms with van der Waals surface area (Å²) in [6, 6.07) is 0. The Balaban J connectivity index is 2.36. The van der Waals surface area contributed by atoms with E-state index in [9.17, 15) is 23.2 Å². The second-order valence-corrected chi connectivity index (χ2v) is 4.55. The van der Waals surface area contributed by atoms with E-state index < -0.39 is 34.7 Å². The first-order valence-electron chi connectivity index (χ1n) is 5.92. The van der Waals surface area contributed by atoms with Crippen molar-refractivity contribution in [1.29, 1.82) is 0 Å². The molecule has 0 radical (unpaired) electrons. The van der Waals surface area contributed by atoms with Gasteiger partial charge in [0.05, 0.1) is 0 Å². The predicted octanol–water partition coefficient (Wildman–Crippen LogP) is 1.45. The van der Waals surface area contributed by atoms with Crippen molar-refractivity contribution in [2.24, 2.45) is 0 Å². The maximum Gasteiger partial charge on any atom is 0.290 e. The van der Waals surface area contributed by atoms with Gasteiger partial charge >= 0.3 is 0 Å². The van der Waals surface area contributed by atoms with Crippen molar-refractivity contribution in [2.45, 2.75) is 38.3 Å². The van der Waals surface area contributed by atoms with E-state index in [0.29, 0.717) is 17.7 Å². The highest BCUT2D eigenvalue weighted by Crippen LogP contribution is 2.38. The van der Waals surface area contributed by atoms with Crippen molar-refractivity contribution in [3.63, 3.8) is 0 Å². The summed E-state index contributed by atoms with van der Waals surface area (Å²) in [5.41, 5.74) is -3.10. The summed E-state index contributed by atoms with van der Waals surface area (Å²) in [6.45, 7) is 1.44. The SMILES string of the molecule is CCN1C(=O)C(F)=C(C(=O)C2(F)CCCC2)C1=O. The molecule has 0 atom stereocenters. The molecular formula is C12H13F2NO3. The normalized spacial score (nSPS) is 23.2. The van der Waals surface area contributed by atoms with E-state index in [4.69, 9.17) is 0 Å². The van der Waals surface area contributed by atoms with Crippen LogP contribution in [0.4, 0.5) is 8.78 Å². The van der Waals surface area contributed by atoms with Crippen molar-refractivity contribution in [3.05, 3.63) is 11.4 Å². The molecule has 18 heavy (non-hydrogen) atoms. The van der Waals surface area contributed by atoms with E-state index in [1.54, 1.807) is 0 Å². The second-order valence-electron chi connectivity index (χ2n) is 4.55. The van der Waals surface area contributed by atoms with Gasteiger partial charge in [0.1, 0.15) is 5.57 Å². The van der Waals surface area contributed by atoms with Gasteiger partial charge in [0.25, 0.3) is 11.8 Å². The Kier molecular flexibility index (Phi) is 3.04. The highest BCUT2D eigenvalue weighted by molar-refractivity contribution is 6.33. The molecule has 0 unspecified atom stereocenters. The van der Waals surface area contributed by atoms with Crippen LogP contribution in [0, 0.1) is 0 Å². The number of halogens is 2. The molecule has 1 heterocycles. The lowest BCUT2D eigenvalue weighted by Crippen LogP contribution is -2.37. The molecule has 1 fully saturated rings. The van der Waals surface area contributed by atoms with Crippen LogP contribution in [0.5, 0.6) is 0 Å². The van der Waals surface area contributed by atoms with E-state index in [-0.39, 0.29) is 19.4 Å². The van der Waals surface area contributed by atoms with Crippen LogP contribution in [-0.2, 0) is 14.4 Å². The lowest BCUT2D eigenvalue weighted by molar-refractivity contribution is -0.138. The number of carbonyl (C=O) groups excluding carboxylic acids is 3. The lowest BCUT2D eigenvalue weighted by atomic mass is 9.92. The first kappa shape index (κ1) is 12.9. The monoisotopic (exact) mass is 257 g/mol. The molecule has 2 rings (SSSR count). The van der Waals surface area contributed by atoms with Gasteiger partial charge in [-0.3, -0.25) is 19.3 Å². The smallest absolute Gasteiger partial charge is 0.290 e. The molecule has 0 aromatic rings. The fraction of sp³-hybridized carbons (Fsp3) is 0.583. The number of carbonyl (C=O) groups is 3. The number of rotatable bonds is 3. The lowest BCUT2D eigenvalue weighted by Gasteiger charge is -2.17. The van der Waals surface area contributed by atoms with Crippen LogP contribution < -0.4 is 0 Å². The highest BCUT2D eigenvalue weighted by atomic mass is 19.1. The summed E-state index contributed by atoms with van der Waals surface area (Å²) < 4.78 is 27.9. The summed E-state index contributed by atoms with van der Waals surface area (Å²) in [5, 5.41) is 0. The van der Waals surface area contributed by atoms with Gasteiger partial charge in [-0.1, -0.05) is 0 Å². The quantitative estimate of drug-likeness (QED) is 0.568. The van der Waals surface area contributed by atoms with Gasteiger partial charge in [-0.05, 0) is 32.6 Å². The van der Waals surface area contributed by atoms with Crippen LogP contribution >= 0.6 is 0 Å². The highest BCUT2D eigenvalue weighted by Gasteiger charge is 2.50. The van der Waals surface area contributed by atoms with E-state index in [1.165, 1.54) is 6.92 Å². The molecule has 0 aromatic carbocycles. The minimum Gasteiger partial charge on any atom is -0.290 e.